The second-order valence-corrected chi connectivity index (χ2v) is 3.43. The number of nitrogen functional groups attached to an aromatic ring is 1. The largest absolute Gasteiger partial charge is 0.409 e. The van der Waals surface area contributed by atoms with E-state index in [1.54, 1.807) is 18.2 Å². The molecule has 0 aliphatic heterocycles. The summed E-state index contributed by atoms with van der Waals surface area (Å²) in [5, 5.41) is 6.89. The van der Waals surface area contributed by atoms with Crippen LogP contribution in [0.15, 0.2) is 22.6 Å². The van der Waals surface area contributed by atoms with Crippen LogP contribution in [0.1, 0.15) is 0 Å². The average molecular weight is 228 g/mol. The van der Waals surface area contributed by atoms with Crippen molar-refractivity contribution in [2.75, 3.05) is 5.73 Å². The van der Waals surface area contributed by atoms with Gasteiger partial charge in [0, 0.05) is 5.56 Å². The number of halogens is 1. The molecule has 0 bridgehead atoms. The highest BCUT2D eigenvalue weighted by Crippen LogP contribution is 2.25. The van der Waals surface area contributed by atoms with Gasteiger partial charge in [0.05, 0.1) is 10.7 Å². The number of benzene rings is 1. The Morgan fingerprint density at radius 3 is 2.86 bits per heavy atom. The maximum absolute atomic E-state index is 5.77. The second kappa shape index (κ2) is 3.43. The topological polar surface area (TPSA) is 67.8 Å². The average Bonchev–Trinajstić information content (AvgIpc) is 2.57. The third-order valence-corrected chi connectivity index (χ3v) is 2.20. The smallest absolute Gasteiger partial charge is 0.284 e. The third kappa shape index (κ3) is 1.64. The number of H-pyrrole nitrogens is 1. The van der Waals surface area contributed by atoms with Crippen LogP contribution in [0, 0.1) is 4.84 Å². The van der Waals surface area contributed by atoms with Gasteiger partial charge in [-0.2, -0.15) is 0 Å². The molecule has 2 rings (SSSR count). The lowest BCUT2D eigenvalue weighted by molar-refractivity contribution is 0.552. The van der Waals surface area contributed by atoms with Crippen molar-refractivity contribution in [3.05, 3.63) is 28.1 Å². The molecule has 0 saturated heterocycles. The number of nitrogens with two attached hydrogens (primary N) is 1. The molecule has 0 spiro atoms. The Bertz CT molecular complexity index is 519. The summed E-state index contributed by atoms with van der Waals surface area (Å²) in [6.07, 6.45) is 0. The summed E-state index contributed by atoms with van der Waals surface area (Å²) in [6.45, 7) is 0. The molecule has 1 aromatic carbocycles. The lowest BCUT2D eigenvalue weighted by Gasteiger charge is -1.98. The van der Waals surface area contributed by atoms with Crippen molar-refractivity contribution >= 4 is 29.5 Å². The van der Waals surface area contributed by atoms with Gasteiger partial charge >= 0.3 is 0 Å². The highest BCUT2D eigenvalue weighted by atomic mass is 35.5. The van der Waals surface area contributed by atoms with E-state index >= 15 is 0 Å². The number of nitrogens with zero attached hydrogens (tertiary/aromatic N) is 1. The number of aromatic amines is 1. The molecule has 14 heavy (non-hydrogen) atoms. The predicted octanol–water partition coefficient (Wildman–Crippen LogP) is 2.63. The molecular weight excluding hydrogens is 222 g/mol. The van der Waals surface area contributed by atoms with Crippen molar-refractivity contribution in [3.63, 3.8) is 0 Å². The van der Waals surface area contributed by atoms with E-state index in [2.05, 4.69) is 10.2 Å². The number of anilines is 1. The molecule has 0 radical (unpaired) electrons. The van der Waals surface area contributed by atoms with Gasteiger partial charge in [-0.25, -0.2) is 5.10 Å². The summed E-state index contributed by atoms with van der Waals surface area (Å²) in [4.78, 5) is 0.230. The van der Waals surface area contributed by atoms with E-state index < -0.39 is 0 Å². The van der Waals surface area contributed by atoms with Crippen molar-refractivity contribution < 1.29 is 4.42 Å². The maximum atomic E-state index is 5.77. The van der Waals surface area contributed by atoms with Crippen molar-refractivity contribution in [2.24, 2.45) is 0 Å². The van der Waals surface area contributed by atoms with Gasteiger partial charge in [-0.15, -0.1) is 5.10 Å². The molecule has 0 aliphatic rings. The van der Waals surface area contributed by atoms with Crippen molar-refractivity contribution in [2.45, 2.75) is 0 Å². The summed E-state index contributed by atoms with van der Waals surface area (Å²) in [5.74, 6) is 0.401. The fourth-order valence-corrected chi connectivity index (χ4v) is 1.27. The van der Waals surface area contributed by atoms with E-state index in [4.69, 9.17) is 34.0 Å². The van der Waals surface area contributed by atoms with Crippen LogP contribution in [-0.4, -0.2) is 10.2 Å². The van der Waals surface area contributed by atoms with Gasteiger partial charge in [0.2, 0.25) is 5.89 Å². The van der Waals surface area contributed by atoms with Gasteiger partial charge in [-0.1, -0.05) is 11.6 Å². The van der Waals surface area contributed by atoms with E-state index in [0.29, 0.717) is 16.6 Å². The zero-order valence-electron chi connectivity index (χ0n) is 6.95. The molecule has 0 atom stereocenters. The molecule has 4 nitrogen and oxygen atoms in total. The number of nitrogens with one attached hydrogen (secondary N) is 1. The summed E-state index contributed by atoms with van der Waals surface area (Å²) in [6, 6.07) is 5.11. The normalized spacial score (nSPS) is 10.4. The molecule has 6 heteroatoms. The standard InChI is InChI=1S/C8H6ClN3OS/c9-5-2-1-4(3-6(5)10)7-11-12-8(14)13-7/h1-3H,10H2,(H,12,14). The first-order chi connectivity index (χ1) is 6.66. The Morgan fingerprint density at radius 1 is 1.50 bits per heavy atom. The SMILES string of the molecule is Nc1cc(-c2n[nH]c(=S)o2)ccc1Cl. The van der Waals surface area contributed by atoms with Crippen LogP contribution in [-0.2, 0) is 0 Å². The molecule has 2 aromatic rings. The second-order valence-electron chi connectivity index (χ2n) is 2.65. The van der Waals surface area contributed by atoms with Gasteiger partial charge in [-0.3, -0.25) is 0 Å². The molecule has 0 aliphatic carbocycles. The molecule has 1 heterocycles. The molecule has 0 amide bonds. The molecule has 1 aromatic heterocycles. The Kier molecular flexibility index (Phi) is 2.26. The zero-order valence-corrected chi connectivity index (χ0v) is 8.52. The van der Waals surface area contributed by atoms with E-state index in [1.807, 2.05) is 0 Å². The van der Waals surface area contributed by atoms with Crippen LogP contribution in [0.5, 0.6) is 0 Å². The van der Waals surface area contributed by atoms with Crippen LogP contribution in [0.2, 0.25) is 5.02 Å². The highest BCUT2D eigenvalue weighted by Gasteiger charge is 2.05. The minimum Gasteiger partial charge on any atom is -0.409 e. The molecule has 3 N–H and O–H groups in total. The summed E-state index contributed by atoms with van der Waals surface area (Å²) in [5.41, 5.74) is 6.84. The minimum atomic E-state index is 0.230. The van der Waals surface area contributed by atoms with Crippen LogP contribution in [0.3, 0.4) is 0 Å². The molecule has 0 unspecified atom stereocenters. The summed E-state index contributed by atoms with van der Waals surface area (Å²) < 4.78 is 5.11. The van der Waals surface area contributed by atoms with Gasteiger partial charge in [0.1, 0.15) is 0 Å². The number of aromatic nitrogens is 2. The lowest BCUT2D eigenvalue weighted by Crippen LogP contribution is -1.87. The predicted molar refractivity (Wildman–Crippen MR) is 56.5 cm³/mol. The monoisotopic (exact) mass is 227 g/mol. The first-order valence-corrected chi connectivity index (χ1v) is 4.56. The Balaban J connectivity index is 2.52. The van der Waals surface area contributed by atoms with E-state index in [0.717, 1.165) is 5.56 Å². The first kappa shape index (κ1) is 9.23. The molecule has 0 fully saturated rings. The van der Waals surface area contributed by atoms with Crippen LogP contribution in [0.4, 0.5) is 5.69 Å². The number of hydrogen-bond acceptors (Lipinski definition) is 4. The molecular formula is C8H6ClN3OS. The van der Waals surface area contributed by atoms with Gasteiger partial charge < -0.3 is 10.2 Å². The van der Waals surface area contributed by atoms with Crippen molar-refractivity contribution in [3.8, 4) is 11.5 Å². The van der Waals surface area contributed by atoms with Crippen LogP contribution < -0.4 is 5.73 Å². The minimum absolute atomic E-state index is 0.230. The quantitative estimate of drug-likeness (QED) is 0.581. The number of hydrogen-bond donors (Lipinski definition) is 2. The lowest BCUT2D eigenvalue weighted by atomic mass is 10.2. The zero-order chi connectivity index (χ0) is 10.1. The fourth-order valence-electron chi connectivity index (χ4n) is 1.03. The Morgan fingerprint density at radius 2 is 2.29 bits per heavy atom. The van der Waals surface area contributed by atoms with Crippen molar-refractivity contribution in [1.29, 1.82) is 0 Å². The van der Waals surface area contributed by atoms with E-state index in [1.165, 1.54) is 0 Å². The van der Waals surface area contributed by atoms with Gasteiger partial charge in [0.25, 0.3) is 4.84 Å². The maximum Gasteiger partial charge on any atom is 0.284 e. The van der Waals surface area contributed by atoms with Crippen LogP contribution >= 0.6 is 23.8 Å². The van der Waals surface area contributed by atoms with E-state index in [9.17, 15) is 0 Å². The summed E-state index contributed by atoms with van der Waals surface area (Å²) >= 11 is 10.5. The third-order valence-electron chi connectivity index (χ3n) is 1.68. The summed E-state index contributed by atoms with van der Waals surface area (Å²) in [7, 11) is 0. The number of rotatable bonds is 1. The molecule has 72 valence electrons. The first-order valence-electron chi connectivity index (χ1n) is 3.78. The Hall–Kier alpha value is -1.33. The van der Waals surface area contributed by atoms with Gasteiger partial charge in [-0.05, 0) is 30.4 Å². The van der Waals surface area contributed by atoms with Crippen LogP contribution in [0.25, 0.3) is 11.5 Å². The highest BCUT2D eigenvalue weighted by molar-refractivity contribution is 7.71. The van der Waals surface area contributed by atoms with Gasteiger partial charge in [0.15, 0.2) is 0 Å². The van der Waals surface area contributed by atoms with E-state index in [-0.39, 0.29) is 4.84 Å². The van der Waals surface area contributed by atoms with Crippen molar-refractivity contribution in [1.82, 2.24) is 10.2 Å². The Labute approximate surface area is 89.7 Å². The molecule has 0 saturated carbocycles. The fraction of sp³-hybridized carbons (Fsp3) is 0.